The average Bonchev–Trinajstić information content (AvgIpc) is 1.35. The molecule has 3 saturated carbocycles. The van der Waals surface area contributed by atoms with Gasteiger partial charge >= 0.3 is 6.18 Å². The lowest BCUT2D eigenvalue weighted by molar-refractivity contribution is -0.158. The van der Waals surface area contributed by atoms with Gasteiger partial charge in [0.15, 0.2) is 0 Å². The van der Waals surface area contributed by atoms with Gasteiger partial charge in [-0.05, 0) is 119 Å². The van der Waals surface area contributed by atoms with Gasteiger partial charge in [0.25, 0.3) is 6.43 Å². The second kappa shape index (κ2) is 37.3. The highest BCUT2D eigenvalue weighted by molar-refractivity contribution is 6.01. The molecule has 12 amide bonds. The molecule has 3 aliphatic carbocycles. The number of fused-ring (bicyclic) bond motifs is 3. The van der Waals surface area contributed by atoms with E-state index in [1.807, 2.05) is 6.92 Å². The molecule has 109 heavy (non-hydrogen) atoms. The Morgan fingerprint density at radius 2 is 1.29 bits per heavy atom. The molecule has 5 fully saturated rings. The van der Waals surface area contributed by atoms with Crippen LogP contribution in [0.4, 0.5) is 30.7 Å². The second-order valence-electron chi connectivity index (χ2n) is 30.8. The molecule has 2 aromatic carbocycles. The quantitative estimate of drug-likeness (QED) is 0.149. The highest BCUT2D eigenvalue weighted by Gasteiger charge is 2.55. The maximum Gasteiger partial charge on any atom is 0.422 e. The summed E-state index contributed by atoms with van der Waals surface area (Å²) in [6, 6.07) is -4.03. The Morgan fingerprint density at radius 1 is 0.670 bits per heavy atom. The number of likely N-dealkylation sites (N-methyl/N-ethyl adjacent to an activating group) is 7. The molecule has 0 unspecified atom stereocenters. The summed E-state index contributed by atoms with van der Waals surface area (Å²) in [5.41, 5.74) is -3.04. The fourth-order valence-electron chi connectivity index (χ4n) is 16.1. The molecule has 602 valence electrons. The molecule has 10 atom stereocenters. The van der Waals surface area contributed by atoms with Gasteiger partial charge in [0.05, 0.1) is 25.6 Å². The van der Waals surface area contributed by atoms with Crippen LogP contribution in [0.2, 0.25) is 0 Å². The third kappa shape index (κ3) is 20.7. The first-order valence-corrected chi connectivity index (χ1v) is 37.8. The highest BCUT2D eigenvalue weighted by atomic mass is 19.4. The van der Waals surface area contributed by atoms with Crippen molar-refractivity contribution >= 4 is 70.9 Å². The summed E-state index contributed by atoms with van der Waals surface area (Å²) in [4.78, 5) is 192. The Hall–Kier alpha value is -8.71. The van der Waals surface area contributed by atoms with Crippen molar-refractivity contribution in [2.24, 2.45) is 17.8 Å². The first-order chi connectivity index (χ1) is 51.4. The average molecular weight is 1540 g/mol. The van der Waals surface area contributed by atoms with E-state index >= 15 is 47.1 Å². The number of nitrogens with zero attached hydrogens (tertiary/aromatic N) is 9. The predicted octanol–water partition coefficient (Wildman–Crippen LogP) is 5.81. The lowest BCUT2D eigenvalue weighted by Gasteiger charge is -2.47. The van der Waals surface area contributed by atoms with Crippen molar-refractivity contribution in [3.8, 4) is 0 Å². The van der Waals surface area contributed by atoms with Gasteiger partial charge in [-0.1, -0.05) is 101 Å². The Balaban J connectivity index is 1.23. The first kappa shape index (κ1) is 85.9. The highest BCUT2D eigenvalue weighted by Crippen LogP contribution is 2.40. The molecular weight excluding hydrogens is 1430 g/mol. The Labute approximate surface area is 632 Å². The lowest BCUT2D eigenvalue weighted by atomic mass is 9.74. The zero-order valence-corrected chi connectivity index (χ0v) is 64.3. The summed E-state index contributed by atoms with van der Waals surface area (Å²) in [5.74, 6) is -15.0. The van der Waals surface area contributed by atoms with Crippen molar-refractivity contribution in [3.05, 3.63) is 82.4 Å². The van der Waals surface area contributed by atoms with Gasteiger partial charge in [-0.2, -0.15) is 13.2 Å². The van der Waals surface area contributed by atoms with Crippen LogP contribution in [0.1, 0.15) is 152 Å². The van der Waals surface area contributed by atoms with Crippen LogP contribution in [0.25, 0.3) is 0 Å². The van der Waals surface area contributed by atoms with E-state index < -0.39 is 224 Å². The fraction of sp³-hybridized carbons (Fsp3) is 0.662. The van der Waals surface area contributed by atoms with E-state index in [9.17, 15) is 41.1 Å². The van der Waals surface area contributed by atoms with E-state index in [1.165, 1.54) is 76.0 Å². The number of carbonyl (C=O) groups excluding carboxylic acids is 12. The first-order valence-electron chi connectivity index (χ1n) is 37.8. The number of rotatable bonds is 14. The third-order valence-electron chi connectivity index (χ3n) is 23.0. The topological polar surface area (TPSA) is 279 Å². The van der Waals surface area contributed by atoms with Crippen LogP contribution < -0.4 is 16.0 Å². The number of aryl methyl sites for hydroxylation is 2. The zero-order chi connectivity index (χ0) is 80.3. The van der Waals surface area contributed by atoms with E-state index in [-0.39, 0.29) is 57.4 Å². The molecule has 1 spiro atoms. The number of benzene rings is 2. The summed E-state index contributed by atoms with van der Waals surface area (Å²) < 4.78 is 106. The van der Waals surface area contributed by atoms with Gasteiger partial charge in [0, 0.05) is 75.9 Å². The summed E-state index contributed by atoms with van der Waals surface area (Å²) in [6.45, 7) is 2.09. The smallest absolute Gasteiger partial charge is 0.370 e. The van der Waals surface area contributed by atoms with Crippen molar-refractivity contribution in [2.45, 2.75) is 222 Å². The SMILES string of the molecule is CC[C@H](C)[C@@H]1NC(=O)[C@H](CC2CCCC2)N(C)C(=O)C[C@@H](C(=O)N(C)C)N(C)C(=O)[C@H](C2CCCC2)N(C)C(=O)C2(CCC2)NC(=O)[C@@H]2[C@@H](OCC(F)F)CCN2C(=O)[C@H](CCc2cc(F)c(C(F)(F)F)c(F)c2)NC(=O)CN(C)C(=O)[C@H](Cc2ccc(C)cc2)N2CC/C=C\C[C@H](C2=O)N(C)C(=O)CN(C)C1=O. The van der Waals surface area contributed by atoms with Crippen LogP contribution in [-0.4, -0.2) is 271 Å². The Morgan fingerprint density at radius 3 is 1.88 bits per heavy atom. The monoisotopic (exact) mass is 1540 g/mol. The molecule has 2 aromatic rings. The van der Waals surface area contributed by atoms with Crippen LogP contribution in [0.3, 0.4) is 0 Å². The number of ether oxygens (including phenoxy) is 1. The van der Waals surface area contributed by atoms with Gasteiger partial charge in [-0.25, -0.2) is 17.6 Å². The lowest BCUT2D eigenvalue weighted by Crippen LogP contribution is -2.69. The van der Waals surface area contributed by atoms with Gasteiger partial charge in [-0.3, -0.25) is 57.5 Å². The fourth-order valence-corrected chi connectivity index (χ4v) is 16.1. The Bertz CT molecular complexity index is 3660. The van der Waals surface area contributed by atoms with Crippen molar-refractivity contribution < 1.29 is 93.0 Å². The summed E-state index contributed by atoms with van der Waals surface area (Å²) in [6.07, 6.45) is -2.83. The molecule has 0 aromatic heterocycles. The number of alkyl halides is 5. The molecule has 25 nitrogen and oxygen atoms in total. The molecule has 8 rings (SSSR count). The normalized spacial score (nSPS) is 26.7. The predicted molar refractivity (Wildman–Crippen MR) is 386 cm³/mol. The van der Waals surface area contributed by atoms with E-state index in [0.29, 0.717) is 56.2 Å². The van der Waals surface area contributed by atoms with E-state index in [0.717, 1.165) is 55.7 Å². The van der Waals surface area contributed by atoms with Gasteiger partial charge in [-0.15, -0.1) is 0 Å². The van der Waals surface area contributed by atoms with E-state index in [1.54, 1.807) is 50.3 Å². The van der Waals surface area contributed by atoms with Crippen molar-refractivity contribution in [1.82, 2.24) is 60.0 Å². The molecule has 3 aliphatic heterocycles. The van der Waals surface area contributed by atoms with Crippen LogP contribution >= 0.6 is 0 Å². The molecule has 32 heteroatoms. The molecule has 6 aliphatic rings. The molecular formula is C77H107F7N12O13. The van der Waals surface area contributed by atoms with Gasteiger partial charge < -0.3 is 64.8 Å². The van der Waals surface area contributed by atoms with Crippen molar-refractivity contribution in [3.63, 3.8) is 0 Å². The molecule has 3 heterocycles. The van der Waals surface area contributed by atoms with E-state index in [4.69, 9.17) is 4.74 Å². The standard InChI is InChI=1S/C77H107F7N12O13/c1-12-46(3)64-73(106)90(7)43-62(99)91(8)54-25-14-13-19-35-95(72(54)105)57(40-48-28-26-45(2)27-29-48)71(104)89(6)42-60(97)85-53(31-30-49-37-51(78)63(52(79)38-49)77(82,83)84)69(102)96-36-32-58(109-44-59(80)81)66(96)68(101)87-76(33-20-34-76)75(108)94(11)65(50-23-17-18-24-50)74(107)93(10)56(70(103)88(4)5)41-61(98)92(9)55(67(100)86-64)39-47-21-15-16-22-47/h13-14,26-29,37-38,46-47,50,53-59,64-66H,12,15-25,30-36,39-44H2,1-11H3,(H,85,97)(H,86,100)(H,87,101)/b14-13-/t46-,53-,54+,55-,56-,57-,58-,64-,65-,66-/m0/s1. The molecule has 0 radical (unpaired) electrons. The van der Waals surface area contributed by atoms with Crippen LogP contribution in [0.5, 0.6) is 0 Å². The van der Waals surface area contributed by atoms with Crippen LogP contribution in [0.15, 0.2) is 48.6 Å². The maximum atomic E-state index is 15.6. The van der Waals surface area contributed by atoms with E-state index in [2.05, 4.69) is 16.0 Å². The minimum atomic E-state index is -5.46. The van der Waals surface area contributed by atoms with Crippen LogP contribution in [0, 0.1) is 36.3 Å². The largest absolute Gasteiger partial charge is 0.422 e. The number of carbonyl (C=O) groups is 12. The minimum absolute atomic E-state index is 0.0327. The Kier molecular flexibility index (Phi) is 29.4. The second-order valence-corrected chi connectivity index (χ2v) is 30.8. The molecule has 2 saturated heterocycles. The maximum absolute atomic E-state index is 15.6. The molecule has 2 bridgehead atoms. The number of nitrogens with one attached hydrogen (secondary N) is 3. The van der Waals surface area contributed by atoms with Gasteiger partial charge in [0.1, 0.15) is 77.7 Å². The minimum Gasteiger partial charge on any atom is -0.370 e. The van der Waals surface area contributed by atoms with Crippen molar-refractivity contribution in [2.75, 3.05) is 89.2 Å². The number of hydrogen-bond acceptors (Lipinski definition) is 13. The van der Waals surface area contributed by atoms with Crippen molar-refractivity contribution in [1.29, 1.82) is 0 Å². The summed E-state index contributed by atoms with van der Waals surface area (Å²) >= 11 is 0. The third-order valence-corrected chi connectivity index (χ3v) is 23.0. The van der Waals surface area contributed by atoms with Gasteiger partial charge in [0.2, 0.25) is 70.9 Å². The summed E-state index contributed by atoms with van der Waals surface area (Å²) in [5, 5.41) is 8.25. The number of hydrogen-bond donors (Lipinski definition) is 3. The number of halogens is 7. The molecule has 3 N–H and O–H groups in total. The zero-order valence-electron chi connectivity index (χ0n) is 64.3. The van der Waals surface area contributed by atoms with Crippen LogP contribution in [-0.2, 0) is 81.3 Å². The summed E-state index contributed by atoms with van der Waals surface area (Å²) in [7, 11) is 10.9. The number of amides is 12.